The first-order valence-electron chi connectivity index (χ1n) is 6.57. The van der Waals surface area contributed by atoms with Gasteiger partial charge in [0.15, 0.2) is 0 Å². The van der Waals surface area contributed by atoms with Crippen LogP contribution in [0.15, 0.2) is 15.8 Å². The van der Waals surface area contributed by atoms with Crippen molar-refractivity contribution in [2.24, 2.45) is 14.1 Å². The lowest BCUT2D eigenvalue weighted by molar-refractivity contribution is -0.129. The second-order valence-electron chi connectivity index (χ2n) is 4.83. The van der Waals surface area contributed by atoms with Gasteiger partial charge in [0.2, 0.25) is 5.91 Å². The fourth-order valence-electron chi connectivity index (χ4n) is 1.84. The molecule has 1 heterocycles. The molecule has 8 heteroatoms. The molecule has 0 atom stereocenters. The van der Waals surface area contributed by atoms with Gasteiger partial charge >= 0.3 is 5.69 Å². The highest BCUT2D eigenvalue weighted by molar-refractivity contribution is 5.77. The second-order valence-corrected chi connectivity index (χ2v) is 4.83. The summed E-state index contributed by atoms with van der Waals surface area (Å²) in [6.45, 7) is 1.44. The van der Waals surface area contributed by atoms with Crippen LogP contribution in [0.4, 0.5) is 0 Å². The number of carbonyl (C=O) groups is 1. The Kier molecular flexibility index (Phi) is 6.32. The topological polar surface area (TPSA) is 85.6 Å². The molecule has 1 rings (SSSR count). The molecule has 1 aromatic heterocycles. The van der Waals surface area contributed by atoms with E-state index in [0.29, 0.717) is 18.7 Å². The van der Waals surface area contributed by atoms with Crippen molar-refractivity contribution in [3.63, 3.8) is 0 Å². The van der Waals surface area contributed by atoms with Gasteiger partial charge < -0.3 is 19.5 Å². The first-order valence-corrected chi connectivity index (χ1v) is 6.57. The molecule has 0 radical (unpaired) electrons. The van der Waals surface area contributed by atoms with E-state index < -0.39 is 0 Å². The summed E-state index contributed by atoms with van der Waals surface area (Å²) in [7, 11) is 6.19. The number of nitrogens with zero attached hydrogens (tertiary/aromatic N) is 3. The van der Waals surface area contributed by atoms with Gasteiger partial charge in [-0.25, -0.2) is 4.79 Å². The van der Waals surface area contributed by atoms with E-state index in [1.54, 1.807) is 21.2 Å². The minimum Gasteiger partial charge on any atom is -0.383 e. The van der Waals surface area contributed by atoms with Gasteiger partial charge in [0.05, 0.1) is 25.3 Å². The van der Waals surface area contributed by atoms with Crippen LogP contribution in [0.3, 0.4) is 0 Å². The number of methoxy groups -OCH3 is 1. The molecule has 0 unspecified atom stereocenters. The van der Waals surface area contributed by atoms with E-state index in [4.69, 9.17) is 4.74 Å². The molecule has 0 fully saturated rings. The number of likely N-dealkylation sites (N-methyl/N-ethyl adjacent to an activating group) is 1. The quantitative estimate of drug-likeness (QED) is 0.605. The van der Waals surface area contributed by atoms with Gasteiger partial charge in [-0.1, -0.05) is 0 Å². The van der Waals surface area contributed by atoms with E-state index in [1.807, 2.05) is 0 Å². The number of hydrogen-bond acceptors (Lipinski definition) is 5. The zero-order chi connectivity index (χ0) is 16.0. The molecule has 0 saturated heterocycles. The predicted molar refractivity (Wildman–Crippen MR) is 78.1 cm³/mol. The van der Waals surface area contributed by atoms with Crippen LogP contribution >= 0.6 is 0 Å². The van der Waals surface area contributed by atoms with Gasteiger partial charge in [0.25, 0.3) is 5.56 Å². The summed E-state index contributed by atoms with van der Waals surface area (Å²) < 4.78 is 7.23. The standard InChI is InChI=1S/C13H22N4O4/c1-15(11(18)7-14-5-6-21-4)8-10-9-16(2)13(20)17(3)12(10)19/h9,14H,5-8H2,1-4H3. The average Bonchev–Trinajstić information content (AvgIpc) is 2.46. The third-order valence-corrected chi connectivity index (χ3v) is 3.11. The molecule has 118 valence electrons. The summed E-state index contributed by atoms with van der Waals surface area (Å²) in [6.07, 6.45) is 1.47. The van der Waals surface area contributed by atoms with Crippen molar-refractivity contribution in [3.8, 4) is 0 Å². The molecule has 1 aromatic rings. The summed E-state index contributed by atoms with van der Waals surface area (Å²) in [6, 6.07) is 0. The number of hydrogen-bond donors (Lipinski definition) is 1. The summed E-state index contributed by atoms with van der Waals surface area (Å²) in [5.41, 5.74) is -0.378. The van der Waals surface area contributed by atoms with Crippen LogP contribution in [0.2, 0.25) is 0 Å². The van der Waals surface area contributed by atoms with Crippen LogP contribution in [0.5, 0.6) is 0 Å². The Bertz CT molecular complexity index is 605. The van der Waals surface area contributed by atoms with Crippen LogP contribution in [0.25, 0.3) is 0 Å². The number of amides is 1. The van der Waals surface area contributed by atoms with Gasteiger partial charge in [-0.3, -0.25) is 14.2 Å². The number of aromatic nitrogens is 2. The summed E-state index contributed by atoms with van der Waals surface area (Å²) in [5.74, 6) is -0.137. The Labute approximate surface area is 122 Å². The summed E-state index contributed by atoms with van der Waals surface area (Å²) in [5, 5.41) is 2.94. The molecule has 1 N–H and O–H groups in total. The molecule has 0 aliphatic rings. The van der Waals surface area contributed by atoms with Crippen LogP contribution in [0.1, 0.15) is 5.56 Å². The molecule has 8 nitrogen and oxygen atoms in total. The lowest BCUT2D eigenvalue weighted by Crippen LogP contribution is -2.41. The number of aryl methyl sites for hydroxylation is 1. The van der Waals surface area contributed by atoms with Crippen LogP contribution in [-0.2, 0) is 30.2 Å². The van der Waals surface area contributed by atoms with E-state index in [2.05, 4.69) is 5.32 Å². The van der Waals surface area contributed by atoms with Gasteiger partial charge in [0, 0.05) is 41.0 Å². The molecular formula is C13H22N4O4. The van der Waals surface area contributed by atoms with Gasteiger partial charge in [-0.05, 0) is 0 Å². The first-order chi connectivity index (χ1) is 9.88. The number of rotatable bonds is 7. The van der Waals surface area contributed by atoms with Crippen molar-refractivity contribution in [2.75, 3.05) is 33.9 Å². The highest BCUT2D eigenvalue weighted by Crippen LogP contribution is 1.95. The lowest BCUT2D eigenvalue weighted by atomic mass is 10.3. The van der Waals surface area contributed by atoms with E-state index in [0.717, 1.165) is 4.57 Å². The minimum absolute atomic E-state index is 0.137. The van der Waals surface area contributed by atoms with Gasteiger partial charge in [-0.2, -0.15) is 0 Å². The molecular weight excluding hydrogens is 276 g/mol. The fraction of sp³-hybridized carbons (Fsp3) is 0.615. The van der Waals surface area contributed by atoms with E-state index in [-0.39, 0.29) is 30.2 Å². The number of carbonyl (C=O) groups excluding carboxylic acids is 1. The zero-order valence-corrected chi connectivity index (χ0v) is 12.9. The monoisotopic (exact) mass is 298 g/mol. The smallest absolute Gasteiger partial charge is 0.330 e. The van der Waals surface area contributed by atoms with E-state index >= 15 is 0 Å². The maximum absolute atomic E-state index is 12.0. The zero-order valence-electron chi connectivity index (χ0n) is 12.9. The molecule has 0 bridgehead atoms. The predicted octanol–water partition coefficient (Wildman–Crippen LogP) is -1.72. The largest absolute Gasteiger partial charge is 0.383 e. The molecule has 0 aliphatic carbocycles. The molecule has 0 saturated carbocycles. The van der Waals surface area contributed by atoms with Crippen molar-refractivity contribution >= 4 is 5.91 Å². The molecule has 1 amide bonds. The maximum Gasteiger partial charge on any atom is 0.330 e. The van der Waals surface area contributed by atoms with Crippen molar-refractivity contribution in [1.82, 2.24) is 19.4 Å². The maximum atomic E-state index is 12.0. The fourth-order valence-corrected chi connectivity index (χ4v) is 1.84. The Morgan fingerprint density at radius 1 is 1.38 bits per heavy atom. The highest BCUT2D eigenvalue weighted by atomic mass is 16.5. The van der Waals surface area contributed by atoms with Crippen molar-refractivity contribution < 1.29 is 9.53 Å². The SMILES string of the molecule is COCCNCC(=O)N(C)Cc1cn(C)c(=O)n(C)c1=O. The van der Waals surface area contributed by atoms with Gasteiger partial charge in [-0.15, -0.1) is 0 Å². The average molecular weight is 298 g/mol. The van der Waals surface area contributed by atoms with Crippen molar-refractivity contribution in [2.45, 2.75) is 6.54 Å². The Hall–Kier alpha value is -1.93. The third-order valence-electron chi connectivity index (χ3n) is 3.11. The summed E-state index contributed by atoms with van der Waals surface area (Å²) in [4.78, 5) is 36.9. The van der Waals surface area contributed by atoms with Gasteiger partial charge in [0.1, 0.15) is 0 Å². The minimum atomic E-state index is -0.390. The van der Waals surface area contributed by atoms with Crippen LogP contribution in [-0.4, -0.2) is 53.8 Å². The van der Waals surface area contributed by atoms with Crippen molar-refractivity contribution in [3.05, 3.63) is 32.6 Å². The molecule has 0 aromatic carbocycles. The third kappa shape index (κ3) is 4.54. The molecule has 21 heavy (non-hydrogen) atoms. The highest BCUT2D eigenvalue weighted by Gasteiger charge is 2.13. The lowest BCUT2D eigenvalue weighted by Gasteiger charge is -2.18. The van der Waals surface area contributed by atoms with E-state index in [1.165, 1.54) is 22.7 Å². The Morgan fingerprint density at radius 3 is 2.67 bits per heavy atom. The molecule has 0 aliphatic heterocycles. The normalized spacial score (nSPS) is 10.7. The van der Waals surface area contributed by atoms with Crippen LogP contribution in [0, 0.1) is 0 Å². The molecule has 0 spiro atoms. The first kappa shape index (κ1) is 17.1. The Balaban J connectivity index is 2.71. The Morgan fingerprint density at radius 2 is 2.05 bits per heavy atom. The van der Waals surface area contributed by atoms with E-state index in [9.17, 15) is 14.4 Å². The van der Waals surface area contributed by atoms with Crippen LogP contribution < -0.4 is 16.6 Å². The van der Waals surface area contributed by atoms with Crippen molar-refractivity contribution in [1.29, 1.82) is 0 Å². The number of nitrogens with one attached hydrogen (secondary N) is 1. The number of ether oxygens (including phenoxy) is 1. The second kappa shape index (κ2) is 7.75. The summed E-state index contributed by atoms with van der Waals surface area (Å²) >= 11 is 0.